The molecule has 1 amide bonds. The molecule has 2 rings (SSSR count). The number of methoxy groups -OCH3 is 1. The predicted octanol–water partition coefficient (Wildman–Crippen LogP) is 1.02. The van der Waals surface area contributed by atoms with E-state index in [9.17, 15) is 4.79 Å². The Balaban J connectivity index is 2.20. The Labute approximate surface area is 111 Å². The van der Waals surface area contributed by atoms with Crippen molar-refractivity contribution in [2.45, 2.75) is 12.5 Å². The molecule has 6 heteroatoms. The van der Waals surface area contributed by atoms with Crippen LogP contribution in [0.2, 0.25) is 5.02 Å². The van der Waals surface area contributed by atoms with Crippen LogP contribution in [-0.2, 0) is 0 Å². The number of nitrogens with one attached hydrogen (secondary N) is 2. The second-order valence-electron chi connectivity index (χ2n) is 4.24. The van der Waals surface area contributed by atoms with Crippen molar-refractivity contribution in [3.63, 3.8) is 0 Å². The Bertz CT molecular complexity index is 459. The van der Waals surface area contributed by atoms with E-state index < -0.39 is 0 Å². The highest BCUT2D eigenvalue weighted by atomic mass is 35.5. The van der Waals surface area contributed by atoms with Crippen LogP contribution < -0.4 is 21.1 Å². The lowest BCUT2D eigenvalue weighted by atomic mass is 10.1. The van der Waals surface area contributed by atoms with Gasteiger partial charge in [-0.05, 0) is 19.0 Å². The van der Waals surface area contributed by atoms with E-state index >= 15 is 0 Å². The molecule has 1 unspecified atom stereocenters. The van der Waals surface area contributed by atoms with Crippen LogP contribution in [0.4, 0.5) is 5.69 Å². The van der Waals surface area contributed by atoms with Gasteiger partial charge in [-0.3, -0.25) is 4.79 Å². The number of rotatable bonds is 3. The summed E-state index contributed by atoms with van der Waals surface area (Å²) in [4.78, 5) is 12.1. The van der Waals surface area contributed by atoms with Gasteiger partial charge in [-0.2, -0.15) is 0 Å². The van der Waals surface area contributed by atoms with Crippen LogP contribution in [0.1, 0.15) is 16.8 Å². The fourth-order valence-corrected chi connectivity index (χ4v) is 2.12. The third-order valence-corrected chi connectivity index (χ3v) is 3.29. The molecular weight excluding hydrogens is 254 g/mol. The van der Waals surface area contributed by atoms with Crippen molar-refractivity contribution in [2.75, 3.05) is 25.9 Å². The Morgan fingerprint density at radius 2 is 2.39 bits per heavy atom. The number of halogens is 1. The van der Waals surface area contributed by atoms with Gasteiger partial charge in [0, 0.05) is 18.7 Å². The number of carbonyl (C=O) groups is 1. The molecule has 5 nitrogen and oxygen atoms in total. The van der Waals surface area contributed by atoms with Gasteiger partial charge in [-0.1, -0.05) is 11.6 Å². The molecule has 0 saturated carbocycles. The van der Waals surface area contributed by atoms with Gasteiger partial charge in [0.1, 0.15) is 5.75 Å². The summed E-state index contributed by atoms with van der Waals surface area (Å²) >= 11 is 5.93. The largest absolute Gasteiger partial charge is 0.496 e. The summed E-state index contributed by atoms with van der Waals surface area (Å²) in [5, 5.41) is 6.47. The lowest BCUT2D eigenvalue weighted by Crippen LogP contribution is -2.36. The van der Waals surface area contributed by atoms with Crippen LogP contribution in [0.15, 0.2) is 12.1 Å². The van der Waals surface area contributed by atoms with E-state index in [1.807, 2.05) is 0 Å². The van der Waals surface area contributed by atoms with E-state index in [4.69, 9.17) is 22.1 Å². The van der Waals surface area contributed by atoms with E-state index in [1.165, 1.54) is 13.2 Å². The first-order chi connectivity index (χ1) is 8.61. The van der Waals surface area contributed by atoms with E-state index in [0.29, 0.717) is 22.0 Å². The SMILES string of the molecule is COc1cc(N)c(Cl)cc1C(=O)NC1CCNC1. The summed E-state index contributed by atoms with van der Waals surface area (Å²) in [7, 11) is 1.50. The molecule has 0 radical (unpaired) electrons. The van der Waals surface area contributed by atoms with Gasteiger partial charge in [0.05, 0.1) is 23.4 Å². The smallest absolute Gasteiger partial charge is 0.255 e. The van der Waals surface area contributed by atoms with Gasteiger partial charge in [0.2, 0.25) is 0 Å². The Morgan fingerprint density at radius 3 is 3.00 bits per heavy atom. The number of benzene rings is 1. The minimum Gasteiger partial charge on any atom is -0.496 e. The van der Waals surface area contributed by atoms with Gasteiger partial charge in [0.25, 0.3) is 5.91 Å². The molecule has 1 saturated heterocycles. The molecule has 98 valence electrons. The van der Waals surface area contributed by atoms with Crippen molar-refractivity contribution < 1.29 is 9.53 Å². The average molecular weight is 270 g/mol. The maximum absolute atomic E-state index is 12.1. The highest BCUT2D eigenvalue weighted by Crippen LogP contribution is 2.28. The second kappa shape index (κ2) is 5.46. The Morgan fingerprint density at radius 1 is 1.61 bits per heavy atom. The van der Waals surface area contributed by atoms with Gasteiger partial charge in [-0.25, -0.2) is 0 Å². The van der Waals surface area contributed by atoms with Crippen LogP contribution in [-0.4, -0.2) is 32.1 Å². The number of hydrogen-bond acceptors (Lipinski definition) is 4. The summed E-state index contributed by atoms with van der Waals surface area (Å²) in [6.45, 7) is 1.71. The molecule has 1 atom stereocenters. The minimum atomic E-state index is -0.192. The first-order valence-electron chi connectivity index (χ1n) is 5.76. The molecule has 1 aromatic rings. The maximum atomic E-state index is 12.1. The molecular formula is C12H16ClN3O2. The predicted molar refractivity (Wildman–Crippen MR) is 71.2 cm³/mol. The summed E-state index contributed by atoms with van der Waals surface area (Å²) in [5.74, 6) is 0.239. The van der Waals surface area contributed by atoms with Crippen molar-refractivity contribution >= 4 is 23.2 Å². The molecule has 0 bridgehead atoms. The zero-order valence-electron chi connectivity index (χ0n) is 10.1. The zero-order chi connectivity index (χ0) is 13.1. The molecule has 0 aromatic heterocycles. The number of nitrogens with two attached hydrogens (primary N) is 1. The fraction of sp³-hybridized carbons (Fsp3) is 0.417. The number of carbonyl (C=O) groups excluding carboxylic acids is 1. The van der Waals surface area contributed by atoms with E-state index in [2.05, 4.69) is 10.6 Å². The molecule has 1 heterocycles. The number of ether oxygens (including phenoxy) is 1. The lowest BCUT2D eigenvalue weighted by Gasteiger charge is -2.14. The normalized spacial score (nSPS) is 18.7. The number of nitrogen functional groups attached to an aromatic ring is 1. The van der Waals surface area contributed by atoms with Crippen molar-refractivity contribution in [1.82, 2.24) is 10.6 Å². The summed E-state index contributed by atoms with van der Waals surface area (Å²) in [5.41, 5.74) is 6.48. The molecule has 1 aliphatic rings. The van der Waals surface area contributed by atoms with Crippen LogP contribution >= 0.6 is 11.6 Å². The van der Waals surface area contributed by atoms with Crippen molar-refractivity contribution in [2.24, 2.45) is 0 Å². The van der Waals surface area contributed by atoms with Crippen LogP contribution in [0.3, 0.4) is 0 Å². The molecule has 18 heavy (non-hydrogen) atoms. The quantitative estimate of drug-likeness (QED) is 0.716. The van der Waals surface area contributed by atoms with Crippen molar-refractivity contribution in [3.05, 3.63) is 22.7 Å². The van der Waals surface area contributed by atoms with Crippen LogP contribution in [0.25, 0.3) is 0 Å². The summed E-state index contributed by atoms with van der Waals surface area (Å²) < 4.78 is 5.15. The zero-order valence-corrected chi connectivity index (χ0v) is 10.9. The monoisotopic (exact) mass is 269 g/mol. The molecule has 1 aromatic carbocycles. The maximum Gasteiger partial charge on any atom is 0.255 e. The summed E-state index contributed by atoms with van der Waals surface area (Å²) in [6.07, 6.45) is 0.927. The van der Waals surface area contributed by atoms with E-state index in [0.717, 1.165) is 19.5 Å². The van der Waals surface area contributed by atoms with Crippen LogP contribution in [0, 0.1) is 0 Å². The Hall–Kier alpha value is -1.46. The highest BCUT2D eigenvalue weighted by Gasteiger charge is 2.20. The van der Waals surface area contributed by atoms with Crippen molar-refractivity contribution in [3.8, 4) is 5.75 Å². The first kappa shape index (κ1) is 13.0. The second-order valence-corrected chi connectivity index (χ2v) is 4.64. The van der Waals surface area contributed by atoms with E-state index in [1.54, 1.807) is 6.07 Å². The minimum absolute atomic E-state index is 0.151. The molecule has 0 spiro atoms. The number of amides is 1. The molecule has 1 fully saturated rings. The molecule has 1 aliphatic heterocycles. The number of anilines is 1. The topological polar surface area (TPSA) is 76.4 Å². The number of hydrogen-bond donors (Lipinski definition) is 3. The third kappa shape index (κ3) is 2.68. The average Bonchev–Trinajstić information content (AvgIpc) is 2.84. The third-order valence-electron chi connectivity index (χ3n) is 2.96. The molecule has 4 N–H and O–H groups in total. The van der Waals surface area contributed by atoms with Crippen LogP contribution in [0.5, 0.6) is 5.75 Å². The first-order valence-corrected chi connectivity index (χ1v) is 6.14. The summed E-state index contributed by atoms with van der Waals surface area (Å²) in [6, 6.07) is 3.25. The van der Waals surface area contributed by atoms with Gasteiger partial charge in [-0.15, -0.1) is 0 Å². The lowest BCUT2D eigenvalue weighted by molar-refractivity contribution is 0.0937. The van der Waals surface area contributed by atoms with Gasteiger partial charge in [0.15, 0.2) is 0 Å². The van der Waals surface area contributed by atoms with Gasteiger partial charge >= 0.3 is 0 Å². The Kier molecular flexibility index (Phi) is 3.93. The standard InChI is InChI=1S/C12H16ClN3O2/c1-18-11-5-10(14)9(13)4-8(11)12(17)16-7-2-3-15-6-7/h4-5,7,15H,2-3,6,14H2,1H3,(H,16,17). The fourth-order valence-electron chi connectivity index (χ4n) is 1.96. The van der Waals surface area contributed by atoms with E-state index in [-0.39, 0.29) is 11.9 Å². The van der Waals surface area contributed by atoms with Crippen molar-refractivity contribution in [1.29, 1.82) is 0 Å². The highest BCUT2D eigenvalue weighted by molar-refractivity contribution is 6.33. The molecule has 0 aliphatic carbocycles. The van der Waals surface area contributed by atoms with Gasteiger partial charge < -0.3 is 21.1 Å².